The molecule has 156 valence electrons. The summed E-state index contributed by atoms with van der Waals surface area (Å²) < 4.78 is 54.4. The largest absolute Gasteiger partial charge is 0.478 e. The van der Waals surface area contributed by atoms with Crippen molar-refractivity contribution in [3.63, 3.8) is 0 Å². The van der Waals surface area contributed by atoms with Crippen molar-refractivity contribution in [1.29, 1.82) is 5.26 Å². The van der Waals surface area contributed by atoms with Crippen molar-refractivity contribution in [2.45, 2.75) is 24.8 Å². The molecular weight excluding hydrogens is 426 g/mol. The normalized spacial score (nSPS) is 16.0. The zero-order chi connectivity index (χ0) is 22.4. The first-order chi connectivity index (χ1) is 13.9. The average Bonchev–Trinajstić information content (AvgIpc) is 2.89. The smallest absolute Gasteiger partial charge is 0.417 e. The van der Waals surface area contributed by atoms with E-state index in [1.807, 2.05) is 0 Å². The van der Waals surface area contributed by atoms with Crippen LogP contribution in [0.15, 0.2) is 36.4 Å². The van der Waals surface area contributed by atoms with Crippen molar-refractivity contribution in [3.05, 3.63) is 58.9 Å². The van der Waals surface area contributed by atoms with E-state index in [2.05, 4.69) is 0 Å². The van der Waals surface area contributed by atoms with Gasteiger partial charge in [-0.05, 0) is 56.1 Å². The predicted octanol–water partition coefficient (Wildman–Crippen LogP) is 4.61. The third-order valence-electron chi connectivity index (χ3n) is 4.28. The van der Waals surface area contributed by atoms with E-state index in [-0.39, 0.29) is 11.4 Å². The molecule has 0 unspecified atom stereocenters. The molecule has 1 fully saturated rings. The fourth-order valence-corrected chi connectivity index (χ4v) is 3.88. The van der Waals surface area contributed by atoms with Crippen LogP contribution in [0.5, 0.6) is 0 Å². The van der Waals surface area contributed by atoms with Crippen molar-refractivity contribution < 1.29 is 32.3 Å². The molecule has 6 nitrogen and oxygen atoms in total. The van der Waals surface area contributed by atoms with E-state index in [1.165, 1.54) is 22.6 Å². The number of carboxylic acid groups (broad SMARTS) is 1. The third kappa shape index (κ3) is 3.66. The van der Waals surface area contributed by atoms with E-state index < -0.39 is 45.3 Å². The molecule has 1 amide bonds. The maximum atomic E-state index is 14.2. The molecular formula is C19H13F4N3O3S. The molecule has 11 heteroatoms. The van der Waals surface area contributed by atoms with Gasteiger partial charge in [0.05, 0.1) is 34.1 Å². The van der Waals surface area contributed by atoms with Crippen LogP contribution in [0.4, 0.5) is 28.9 Å². The quantitative estimate of drug-likeness (QED) is 0.556. The Morgan fingerprint density at radius 1 is 1.17 bits per heavy atom. The van der Waals surface area contributed by atoms with Crippen molar-refractivity contribution in [2.75, 3.05) is 9.42 Å². The summed E-state index contributed by atoms with van der Waals surface area (Å²) in [6, 6.07) is 7.40. The molecule has 0 spiro atoms. The van der Waals surface area contributed by atoms with Crippen LogP contribution in [0.3, 0.4) is 0 Å². The predicted molar refractivity (Wildman–Crippen MR) is 101 cm³/mol. The van der Waals surface area contributed by atoms with Gasteiger partial charge in [-0.15, -0.1) is 0 Å². The number of benzene rings is 2. The van der Waals surface area contributed by atoms with Gasteiger partial charge in [-0.2, -0.15) is 18.4 Å². The minimum Gasteiger partial charge on any atom is -0.478 e. The van der Waals surface area contributed by atoms with Crippen molar-refractivity contribution in [2.24, 2.45) is 0 Å². The molecule has 1 heterocycles. The number of nitriles is 1. The van der Waals surface area contributed by atoms with E-state index >= 15 is 0 Å². The highest BCUT2D eigenvalue weighted by molar-refractivity contribution is 8.03. The van der Waals surface area contributed by atoms with Crippen molar-refractivity contribution in [3.8, 4) is 6.07 Å². The minimum atomic E-state index is -4.83. The summed E-state index contributed by atoms with van der Waals surface area (Å²) in [5.74, 6) is -3.12. The zero-order valence-electron chi connectivity index (χ0n) is 15.5. The van der Waals surface area contributed by atoms with Gasteiger partial charge in [-0.1, -0.05) is 0 Å². The molecule has 2 aromatic rings. The van der Waals surface area contributed by atoms with Gasteiger partial charge >= 0.3 is 12.1 Å². The monoisotopic (exact) mass is 439 g/mol. The Labute approximate surface area is 172 Å². The lowest BCUT2D eigenvalue weighted by molar-refractivity contribution is -0.137. The molecule has 0 aliphatic carbocycles. The van der Waals surface area contributed by atoms with Gasteiger partial charge in [0.25, 0.3) is 5.91 Å². The highest BCUT2D eigenvalue weighted by atomic mass is 32.2. The number of hydrogen-bond donors (Lipinski definition) is 1. The topological polar surface area (TPSA) is 84.6 Å². The summed E-state index contributed by atoms with van der Waals surface area (Å²) >= 11 is 0.928. The Bertz CT molecular complexity index is 1100. The first-order valence-electron chi connectivity index (χ1n) is 8.34. The number of hydrazine groups is 1. The Hall–Kier alpha value is -3.26. The lowest BCUT2D eigenvalue weighted by Crippen LogP contribution is -2.40. The summed E-state index contributed by atoms with van der Waals surface area (Å²) in [7, 11) is 0. The van der Waals surface area contributed by atoms with Crippen LogP contribution >= 0.6 is 11.9 Å². The summed E-state index contributed by atoms with van der Waals surface area (Å²) in [5.41, 5.74) is -2.52. The van der Waals surface area contributed by atoms with E-state index in [1.54, 1.807) is 13.8 Å². The van der Waals surface area contributed by atoms with Gasteiger partial charge in [-0.3, -0.25) is 4.79 Å². The fraction of sp³-hybridized carbons (Fsp3) is 0.211. The van der Waals surface area contributed by atoms with Crippen LogP contribution in [-0.2, 0) is 11.0 Å². The molecule has 0 saturated carbocycles. The van der Waals surface area contributed by atoms with Gasteiger partial charge in [0.15, 0.2) is 0 Å². The highest BCUT2D eigenvalue weighted by Crippen LogP contribution is 2.46. The lowest BCUT2D eigenvalue weighted by Gasteiger charge is -2.28. The summed E-state index contributed by atoms with van der Waals surface area (Å²) in [6.07, 6.45) is -4.83. The van der Waals surface area contributed by atoms with Gasteiger partial charge in [0, 0.05) is 6.07 Å². The van der Waals surface area contributed by atoms with Gasteiger partial charge in [-0.25, -0.2) is 18.6 Å². The van der Waals surface area contributed by atoms with Crippen molar-refractivity contribution in [1.82, 2.24) is 0 Å². The second kappa shape index (κ2) is 7.21. The van der Waals surface area contributed by atoms with Crippen LogP contribution < -0.4 is 9.42 Å². The SMILES string of the molecule is CC1(C)SN(c2ccc(C(=O)O)c(F)c2)N(c2ccc(C#N)c(C(F)(F)F)c2)C1=O. The van der Waals surface area contributed by atoms with E-state index in [0.29, 0.717) is 6.07 Å². The van der Waals surface area contributed by atoms with Gasteiger partial charge in [0.1, 0.15) is 10.6 Å². The van der Waals surface area contributed by atoms with Crippen molar-refractivity contribution >= 4 is 35.2 Å². The number of carbonyl (C=O) groups is 2. The Morgan fingerprint density at radius 2 is 1.80 bits per heavy atom. The van der Waals surface area contributed by atoms with Crippen LogP contribution in [-0.4, -0.2) is 21.7 Å². The molecule has 0 radical (unpaired) electrons. The first kappa shape index (κ1) is 21.4. The number of carbonyl (C=O) groups excluding carboxylic acids is 1. The minimum absolute atomic E-state index is 0.0549. The summed E-state index contributed by atoms with van der Waals surface area (Å²) in [6.45, 7) is 3.09. The number of carboxylic acids is 1. The average molecular weight is 439 g/mol. The lowest BCUT2D eigenvalue weighted by atomic mass is 10.1. The molecule has 0 atom stereocenters. The fourth-order valence-electron chi connectivity index (χ4n) is 2.82. The summed E-state index contributed by atoms with van der Waals surface area (Å²) in [5, 5.41) is 18.9. The number of halogens is 4. The standard InChI is InChI=1S/C19H13F4N3O3S/c1-18(2)17(29)25(11-4-3-10(9-24)14(7-11)19(21,22)23)26(30-18)12-5-6-13(16(27)28)15(20)8-12/h3-8H,1-2H3,(H,27,28). The van der Waals surface area contributed by atoms with E-state index in [0.717, 1.165) is 35.2 Å². The zero-order valence-corrected chi connectivity index (χ0v) is 16.3. The number of hydrogen-bond acceptors (Lipinski definition) is 5. The maximum absolute atomic E-state index is 14.2. The Kier molecular flexibility index (Phi) is 5.16. The molecule has 0 bridgehead atoms. The molecule has 1 saturated heterocycles. The number of anilines is 2. The van der Waals surface area contributed by atoms with Crippen LogP contribution in [0.1, 0.15) is 35.3 Å². The van der Waals surface area contributed by atoms with Crippen LogP contribution in [0, 0.1) is 17.1 Å². The third-order valence-corrected chi connectivity index (χ3v) is 5.46. The van der Waals surface area contributed by atoms with Crippen LogP contribution in [0.25, 0.3) is 0 Å². The van der Waals surface area contributed by atoms with E-state index in [9.17, 15) is 27.2 Å². The van der Waals surface area contributed by atoms with Crippen LogP contribution in [0.2, 0.25) is 0 Å². The Balaban J connectivity index is 2.14. The number of rotatable bonds is 3. The van der Waals surface area contributed by atoms with E-state index in [4.69, 9.17) is 10.4 Å². The number of nitrogens with zero attached hydrogens (tertiary/aromatic N) is 3. The first-order valence-corrected chi connectivity index (χ1v) is 9.12. The maximum Gasteiger partial charge on any atom is 0.417 e. The molecule has 30 heavy (non-hydrogen) atoms. The molecule has 1 aliphatic rings. The number of aromatic carboxylic acids is 1. The summed E-state index contributed by atoms with van der Waals surface area (Å²) in [4.78, 5) is 23.9. The molecule has 0 aromatic heterocycles. The number of alkyl halides is 3. The molecule has 1 N–H and O–H groups in total. The second-order valence-electron chi connectivity index (χ2n) is 6.80. The number of amides is 1. The van der Waals surface area contributed by atoms with Gasteiger partial charge in [0.2, 0.25) is 0 Å². The molecule has 2 aromatic carbocycles. The molecule has 3 rings (SSSR count). The second-order valence-corrected chi connectivity index (χ2v) is 8.35. The Morgan fingerprint density at radius 3 is 2.33 bits per heavy atom. The molecule has 1 aliphatic heterocycles. The highest BCUT2D eigenvalue weighted by Gasteiger charge is 2.47. The van der Waals surface area contributed by atoms with Gasteiger partial charge < -0.3 is 5.11 Å².